The Bertz CT molecular complexity index is 669. The van der Waals surface area contributed by atoms with Crippen molar-refractivity contribution in [2.75, 3.05) is 14.2 Å². The molecule has 116 valence electrons. The summed E-state index contributed by atoms with van der Waals surface area (Å²) < 4.78 is 10.4. The molecular weight excluding hydrogens is 304 g/mol. The Balaban J connectivity index is 2.34. The van der Waals surface area contributed by atoms with Crippen molar-refractivity contribution >= 4 is 17.6 Å². The molecule has 1 unspecified atom stereocenters. The van der Waals surface area contributed by atoms with Gasteiger partial charge in [-0.15, -0.1) is 0 Å². The van der Waals surface area contributed by atoms with Crippen LogP contribution in [0.15, 0.2) is 42.5 Å². The Kier molecular flexibility index (Phi) is 5.28. The molecule has 0 aromatic heterocycles. The number of methoxy groups -OCH3 is 2. The molecule has 2 aromatic carbocycles. The fourth-order valence-corrected chi connectivity index (χ4v) is 2.53. The minimum atomic E-state index is -0.896. The molecule has 0 saturated heterocycles. The maximum absolute atomic E-state index is 11.6. The van der Waals surface area contributed by atoms with Gasteiger partial charge in [0, 0.05) is 5.02 Å². The van der Waals surface area contributed by atoms with Gasteiger partial charge in [0.25, 0.3) is 0 Å². The van der Waals surface area contributed by atoms with Gasteiger partial charge in [0.05, 0.1) is 20.1 Å². The first-order chi connectivity index (χ1) is 10.5. The third-order valence-electron chi connectivity index (χ3n) is 3.44. The Morgan fingerprint density at radius 3 is 2.45 bits per heavy atom. The highest BCUT2D eigenvalue weighted by Gasteiger charge is 2.22. The van der Waals surface area contributed by atoms with Crippen LogP contribution in [0, 0.1) is 0 Å². The first kappa shape index (κ1) is 16.2. The van der Waals surface area contributed by atoms with E-state index in [0.717, 1.165) is 5.56 Å². The van der Waals surface area contributed by atoms with E-state index >= 15 is 0 Å². The van der Waals surface area contributed by atoms with Crippen LogP contribution in [-0.2, 0) is 11.2 Å². The van der Waals surface area contributed by atoms with E-state index in [1.807, 2.05) is 12.1 Å². The molecule has 0 aliphatic heterocycles. The van der Waals surface area contributed by atoms with Crippen LogP contribution < -0.4 is 9.47 Å². The highest BCUT2D eigenvalue weighted by Crippen LogP contribution is 2.32. The molecule has 0 radical (unpaired) electrons. The molecule has 1 atom stereocenters. The molecule has 2 rings (SSSR count). The van der Waals surface area contributed by atoms with Gasteiger partial charge in [0.2, 0.25) is 0 Å². The maximum Gasteiger partial charge on any atom is 0.311 e. The van der Waals surface area contributed by atoms with Crippen molar-refractivity contribution in [1.29, 1.82) is 0 Å². The quantitative estimate of drug-likeness (QED) is 0.880. The molecule has 0 heterocycles. The SMILES string of the molecule is COc1ccc(C(Cc2cccc(Cl)c2)C(=O)O)cc1OC. The average molecular weight is 321 g/mol. The largest absolute Gasteiger partial charge is 0.493 e. The molecule has 0 fully saturated rings. The summed E-state index contributed by atoms with van der Waals surface area (Å²) >= 11 is 5.96. The second kappa shape index (κ2) is 7.18. The van der Waals surface area contributed by atoms with Crippen molar-refractivity contribution in [1.82, 2.24) is 0 Å². The zero-order chi connectivity index (χ0) is 16.1. The number of ether oxygens (including phenoxy) is 2. The summed E-state index contributed by atoms with van der Waals surface area (Å²) in [4.78, 5) is 11.6. The molecule has 0 aliphatic rings. The van der Waals surface area contributed by atoms with E-state index < -0.39 is 11.9 Å². The maximum atomic E-state index is 11.6. The molecule has 2 aromatic rings. The van der Waals surface area contributed by atoms with E-state index in [1.54, 1.807) is 30.3 Å². The lowest BCUT2D eigenvalue weighted by Crippen LogP contribution is -2.14. The topological polar surface area (TPSA) is 55.8 Å². The average Bonchev–Trinajstić information content (AvgIpc) is 2.51. The molecule has 22 heavy (non-hydrogen) atoms. The zero-order valence-electron chi connectivity index (χ0n) is 12.4. The Morgan fingerprint density at radius 1 is 1.14 bits per heavy atom. The summed E-state index contributed by atoms with van der Waals surface area (Å²) in [6, 6.07) is 12.4. The van der Waals surface area contributed by atoms with E-state index in [1.165, 1.54) is 14.2 Å². The number of rotatable bonds is 6. The molecule has 0 bridgehead atoms. The monoisotopic (exact) mass is 320 g/mol. The number of carboxylic acids is 1. The van der Waals surface area contributed by atoms with Crippen molar-refractivity contribution in [2.45, 2.75) is 12.3 Å². The summed E-state index contributed by atoms with van der Waals surface area (Å²) in [6.07, 6.45) is 0.353. The van der Waals surface area contributed by atoms with Crippen molar-refractivity contribution < 1.29 is 19.4 Å². The lowest BCUT2D eigenvalue weighted by molar-refractivity contribution is -0.138. The zero-order valence-corrected chi connectivity index (χ0v) is 13.1. The molecule has 0 saturated carbocycles. The fraction of sp³-hybridized carbons (Fsp3) is 0.235. The third kappa shape index (κ3) is 3.71. The van der Waals surface area contributed by atoms with Crippen LogP contribution in [0.1, 0.15) is 17.0 Å². The van der Waals surface area contributed by atoms with Crippen molar-refractivity contribution in [3.8, 4) is 11.5 Å². The number of carbonyl (C=O) groups is 1. The predicted molar refractivity (Wildman–Crippen MR) is 85.1 cm³/mol. The van der Waals surface area contributed by atoms with Gasteiger partial charge in [-0.1, -0.05) is 29.8 Å². The highest BCUT2D eigenvalue weighted by molar-refractivity contribution is 6.30. The smallest absolute Gasteiger partial charge is 0.311 e. The van der Waals surface area contributed by atoms with Gasteiger partial charge in [0.15, 0.2) is 11.5 Å². The summed E-state index contributed by atoms with van der Waals surface area (Å²) in [5, 5.41) is 10.1. The van der Waals surface area contributed by atoms with Crippen molar-refractivity contribution in [2.24, 2.45) is 0 Å². The highest BCUT2D eigenvalue weighted by atomic mass is 35.5. The standard InChI is InChI=1S/C17H17ClO4/c1-21-15-7-6-12(10-16(15)22-2)14(17(19)20)9-11-4-3-5-13(18)8-11/h3-8,10,14H,9H2,1-2H3,(H,19,20). The van der Waals surface area contributed by atoms with Crippen LogP contribution in [0.3, 0.4) is 0 Å². The minimum absolute atomic E-state index is 0.353. The lowest BCUT2D eigenvalue weighted by Gasteiger charge is -2.15. The normalized spacial score (nSPS) is 11.8. The van der Waals surface area contributed by atoms with Crippen LogP contribution in [0.2, 0.25) is 5.02 Å². The van der Waals surface area contributed by atoms with Crippen LogP contribution in [-0.4, -0.2) is 25.3 Å². The van der Waals surface area contributed by atoms with E-state index in [9.17, 15) is 9.90 Å². The summed E-state index contributed by atoms with van der Waals surface area (Å²) in [7, 11) is 3.06. The Hall–Kier alpha value is -2.20. The number of hydrogen-bond acceptors (Lipinski definition) is 3. The Labute approximate surface area is 134 Å². The summed E-state index contributed by atoms with van der Waals surface area (Å²) in [5.41, 5.74) is 1.53. The van der Waals surface area contributed by atoms with Gasteiger partial charge in [-0.25, -0.2) is 0 Å². The lowest BCUT2D eigenvalue weighted by atomic mass is 9.92. The van der Waals surface area contributed by atoms with E-state index in [2.05, 4.69) is 0 Å². The summed E-state index contributed by atoms with van der Waals surface area (Å²) in [5.74, 6) is -0.499. The van der Waals surface area contributed by atoms with E-state index in [4.69, 9.17) is 21.1 Å². The van der Waals surface area contributed by atoms with Crippen LogP contribution in [0.4, 0.5) is 0 Å². The van der Waals surface area contributed by atoms with E-state index in [-0.39, 0.29) is 0 Å². The van der Waals surface area contributed by atoms with Crippen LogP contribution in [0.5, 0.6) is 11.5 Å². The number of hydrogen-bond donors (Lipinski definition) is 1. The van der Waals surface area contributed by atoms with Crippen LogP contribution >= 0.6 is 11.6 Å². The minimum Gasteiger partial charge on any atom is -0.493 e. The third-order valence-corrected chi connectivity index (χ3v) is 3.67. The van der Waals surface area contributed by atoms with Gasteiger partial charge in [-0.2, -0.15) is 0 Å². The van der Waals surface area contributed by atoms with Crippen molar-refractivity contribution in [3.05, 3.63) is 58.6 Å². The van der Waals surface area contributed by atoms with Crippen LogP contribution in [0.25, 0.3) is 0 Å². The fourth-order valence-electron chi connectivity index (χ4n) is 2.32. The first-order valence-electron chi connectivity index (χ1n) is 6.74. The van der Waals surface area contributed by atoms with Gasteiger partial charge < -0.3 is 14.6 Å². The van der Waals surface area contributed by atoms with Crippen molar-refractivity contribution in [3.63, 3.8) is 0 Å². The summed E-state index contributed by atoms with van der Waals surface area (Å²) in [6.45, 7) is 0. The second-order valence-electron chi connectivity index (χ2n) is 4.84. The molecule has 0 spiro atoms. The Morgan fingerprint density at radius 2 is 1.86 bits per heavy atom. The molecule has 4 nitrogen and oxygen atoms in total. The number of aliphatic carboxylic acids is 1. The predicted octanol–water partition coefficient (Wildman–Crippen LogP) is 3.77. The van der Waals surface area contributed by atoms with Gasteiger partial charge in [0.1, 0.15) is 0 Å². The molecule has 0 aliphatic carbocycles. The molecule has 1 N–H and O–H groups in total. The number of carboxylic acid groups (broad SMARTS) is 1. The molecule has 5 heteroatoms. The van der Waals surface area contributed by atoms with Gasteiger partial charge >= 0.3 is 5.97 Å². The number of benzene rings is 2. The molecular formula is C17H17ClO4. The van der Waals surface area contributed by atoms with Gasteiger partial charge in [-0.05, 0) is 41.8 Å². The second-order valence-corrected chi connectivity index (χ2v) is 5.28. The van der Waals surface area contributed by atoms with Gasteiger partial charge in [-0.3, -0.25) is 4.79 Å². The van der Waals surface area contributed by atoms with E-state index in [0.29, 0.717) is 28.5 Å². The molecule has 0 amide bonds. The number of halogens is 1. The first-order valence-corrected chi connectivity index (χ1v) is 7.12.